The van der Waals surface area contributed by atoms with Crippen molar-refractivity contribution in [3.8, 4) is 0 Å². The first-order valence-corrected chi connectivity index (χ1v) is 5.05. The van der Waals surface area contributed by atoms with Crippen molar-refractivity contribution in [2.75, 3.05) is 0 Å². The zero-order valence-electron chi connectivity index (χ0n) is 7.77. The molecule has 0 saturated heterocycles. The van der Waals surface area contributed by atoms with E-state index < -0.39 is 0 Å². The van der Waals surface area contributed by atoms with E-state index in [1.54, 1.807) is 6.07 Å². The van der Waals surface area contributed by atoms with E-state index in [0.717, 1.165) is 17.5 Å². The summed E-state index contributed by atoms with van der Waals surface area (Å²) in [6, 6.07) is 3.62. The van der Waals surface area contributed by atoms with Gasteiger partial charge in [0.15, 0.2) is 0 Å². The molecule has 72 valence electrons. The maximum Gasteiger partial charge on any atom is 0.0456 e. The van der Waals surface area contributed by atoms with E-state index in [0.29, 0.717) is 10.0 Å². The fraction of sp³-hybridized carbons (Fsp3) is 0.400. The highest BCUT2D eigenvalue weighted by atomic mass is 35.5. The summed E-state index contributed by atoms with van der Waals surface area (Å²) in [7, 11) is 0. The lowest BCUT2D eigenvalue weighted by Crippen LogP contribution is -2.08. The lowest BCUT2D eigenvalue weighted by Gasteiger charge is -2.13. The maximum absolute atomic E-state index is 6.04. The fourth-order valence-corrected chi connectivity index (χ4v) is 2.05. The van der Waals surface area contributed by atoms with Crippen molar-refractivity contribution < 1.29 is 0 Å². The Bertz CT molecular complexity index is 308. The number of nitrogens with two attached hydrogens (primary N) is 1. The van der Waals surface area contributed by atoms with E-state index in [9.17, 15) is 0 Å². The number of hydrogen-bond donors (Lipinski definition) is 1. The predicted molar refractivity (Wildman–Crippen MR) is 58.4 cm³/mol. The highest BCUT2D eigenvalue weighted by Gasteiger charge is 2.10. The number of benzene rings is 1. The number of rotatable bonds is 2. The van der Waals surface area contributed by atoms with Crippen LogP contribution in [0.2, 0.25) is 10.0 Å². The third kappa shape index (κ3) is 2.37. The molecule has 1 nitrogen and oxygen atoms in total. The van der Waals surface area contributed by atoms with Gasteiger partial charge in [0.2, 0.25) is 0 Å². The van der Waals surface area contributed by atoms with E-state index in [2.05, 4.69) is 6.92 Å². The Labute approximate surface area is 88.8 Å². The lowest BCUT2D eigenvalue weighted by molar-refractivity contribution is 0.801. The minimum atomic E-state index is -0.0221. The Morgan fingerprint density at radius 3 is 2.46 bits per heavy atom. The van der Waals surface area contributed by atoms with E-state index in [-0.39, 0.29) is 6.04 Å². The zero-order valence-corrected chi connectivity index (χ0v) is 9.28. The monoisotopic (exact) mass is 217 g/mol. The molecule has 13 heavy (non-hydrogen) atoms. The summed E-state index contributed by atoms with van der Waals surface area (Å²) in [6.07, 6.45) is 0.882. The van der Waals surface area contributed by atoms with Crippen molar-refractivity contribution in [3.63, 3.8) is 0 Å². The van der Waals surface area contributed by atoms with Crippen molar-refractivity contribution in [1.29, 1.82) is 0 Å². The Hall–Kier alpha value is -0.240. The van der Waals surface area contributed by atoms with Gasteiger partial charge in [0.1, 0.15) is 0 Å². The lowest BCUT2D eigenvalue weighted by atomic mass is 10.0. The predicted octanol–water partition coefficient (Wildman–Crippen LogP) is 3.58. The van der Waals surface area contributed by atoms with Crippen LogP contribution in [0.4, 0.5) is 0 Å². The largest absolute Gasteiger partial charge is 0.324 e. The first-order valence-electron chi connectivity index (χ1n) is 4.29. The van der Waals surface area contributed by atoms with Gasteiger partial charge in [-0.1, -0.05) is 30.1 Å². The highest BCUT2D eigenvalue weighted by molar-refractivity contribution is 6.35. The molecule has 0 saturated carbocycles. The first-order chi connectivity index (χ1) is 6.06. The van der Waals surface area contributed by atoms with Crippen LogP contribution in [0.15, 0.2) is 12.1 Å². The first kappa shape index (κ1) is 10.8. The second-order valence-electron chi connectivity index (χ2n) is 3.10. The molecule has 1 atom stereocenters. The summed E-state index contributed by atoms with van der Waals surface area (Å²) in [5.74, 6) is 0. The second-order valence-corrected chi connectivity index (χ2v) is 3.94. The van der Waals surface area contributed by atoms with Crippen LogP contribution in [0.5, 0.6) is 0 Å². The van der Waals surface area contributed by atoms with Crippen LogP contribution >= 0.6 is 23.2 Å². The van der Waals surface area contributed by atoms with E-state index in [4.69, 9.17) is 28.9 Å². The normalized spacial score (nSPS) is 13.0. The van der Waals surface area contributed by atoms with Crippen molar-refractivity contribution in [1.82, 2.24) is 0 Å². The van der Waals surface area contributed by atoms with Gasteiger partial charge in [0.25, 0.3) is 0 Å². The van der Waals surface area contributed by atoms with Crippen molar-refractivity contribution >= 4 is 23.2 Å². The minimum Gasteiger partial charge on any atom is -0.324 e. The van der Waals surface area contributed by atoms with Gasteiger partial charge < -0.3 is 5.73 Å². The highest BCUT2D eigenvalue weighted by Crippen LogP contribution is 2.28. The Morgan fingerprint density at radius 1 is 1.38 bits per heavy atom. The molecule has 1 aromatic carbocycles. The molecule has 1 unspecified atom stereocenters. The summed E-state index contributed by atoms with van der Waals surface area (Å²) in [5, 5.41) is 1.36. The molecule has 0 spiro atoms. The molecule has 0 amide bonds. The standard InChI is InChI=1S/C10H13Cl2N/c1-3-8-9(6(2)13)4-7(11)5-10(8)12/h4-6H,3,13H2,1-2H3. The van der Waals surface area contributed by atoms with Crippen LogP contribution in [0.3, 0.4) is 0 Å². The van der Waals surface area contributed by atoms with Gasteiger partial charge in [-0.05, 0) is 36.6 Å². The van der Waals surface area contributed by atoms with Crippen LogP contribution in [0.25, 0.3) is 0 Å². The molecule has 0 heterocycles. The molecule has 0 radical (unpaired) electrons. The molecule has 1 aromatic rings. The van der Waals surface area contributed by atoms with Crippen LogP contribution in [0.1, 0.15) is 31.0 Å². The molecule has 0 aliphatic heterocycles. The summed E-state index contributed by atoms with van der Waals surface area (Å²) >= 11 is 11.9. The Morgan fingerprint density at radius 2 is 2.00 bits per heavy atom. The van der Waals surface area contributed by atoms with Gasteiger partial charge in [-0.25, -0.2) is 0 Å². The summed E-state index contributed by atoms with van der Waals surface area (Å²) in [4.78, 5) is 0. The number of halogens is 2. The van der Waals surface area contributed by atoms with E-state index in [1.165, 1.54) is 0 Å². The molecule has 1 rings (SSSR count). The topological polar surface area (TPSA) is 26.0 Å². The average molecular weight is 218 g/mol. The van der Waals surface area contributed by atoms with Gasteiger partial charge in [0.05, 0.1) is 0 Å². The van der Waals surface area contributed by atoms with Gasteiger partial charge >= 0.3 is 0 Å². The molecule has 0 bridgehead atoms. The quantitative estimate of drug-likeness (QED) is 0.806. The van der Waals surface area contributed by atoms with Crippen molar-refractivity contribution in [3.05, 3.63) is 33.3 Å². The molecule has 0 aromatic heterocycles. The summed E-state index contributed by atoms with van der Waals surface area (Å²) < 4.78 is 0. The number of hydrogen-bond acceptors (Lipinski definition) is 1. The smallest absolute Gasteiger partial charge is 0.0456 e. The molecule has 0 aliphatic rings. The van der Waals surface area contributed by atoms with E-state index in [1.807, 2.05) is 13.0 Å². The van der Waals surface area contributed by atoms with Gasteiger partial charge in [-0.2, -0.15) is 0 Å². The molecule has 3 heteroatoms. The summed E-state index contributed by atoms with van der Waals surface area (Å²) in [6.45, 7) is 3.99. The SMILES string of the molecule is CCc1c(Cl)cc(Cl)cc1C(C)N. The fourth-order valence-electron chi connectivity index (χ4n) is 1.40. The molecular weight excluding hydrogens is 205 g/mol. The molecule has 0 fully saturated rings. The Balaban J connectivity index is 3.29. The van der Waals surface area contributed by atoms with E-state index >= 15 is 0 Å². The van der Waals surface area contributed by atoms with Crippen LogP contribution < -0.4 is 5.73 Å². The second kappa shape index (κ2) is 4.32. The zero-order chi connectivity index (χ0) is 10.0. The van der Waals surface area contributed by atoms with Crippen molar-refractivity contribution in [2.45, 2.75) is 26.3 Å². The summed E-state index contributed by atoms with van der Waals surface area (Å²) in [5.41, 5.74) is 7.95. The third-order valence-corrected chi connectivity index (χ3v) is 2.59. The van der Waals surface area contributed by atoms with Crippen LogP contribution in [-0.2, 0) is 6.42 Å². The van der Waals surface area contributed by atoms with Gasteiger partial charge in [-0.15, -0.1) is 0 Å². The maximum atomic E-state index is 6.04. The van der Waals surface area contributed by atoms with Gasteiger partial charge in [-0.3, -0.25) is 0 Å². The van der Waals surface area contributed by atoms with Gasteiger partial charge in [0, 0.05) is 16.1 Å². The average Bonchev–Trinajstić information content (AvgIpc) is 2.02. The molecule has 0 aliphatic carbocycles. The third-order valence-electron chi connectivity index (χ3n) is 2.04. The Kier molecular flexibility index (Phi) is 3.60. The van der Waals surface area contributed by atoms with Crippen LogP contribution in [0, 0.1) is 0 Å². The minimum absolute atomic E-state index is 0.0221. The van der Waals surface area contributed by atoms with Crippen LogP contribution in [-0.4, -0.2) is 0 Å². The molecular formula is C10H13Cl2N. The van der Waals surface area contributed by atoms with Crippen molar-refractivity contribution in [2.24, 2.45) is 5.73 Å². The molecule has 2 N–H and O–H groups in total.